The van der Waals surface area contributed by atoms with Gasteiger partial charge in [0.25, 0.3) is 0 Å². The van der Waals surface area contributed by atoms with E-state index in [4.69, 9.17) is 0 Å². The third-order valence-electron chi connectivity index (χ3n) is 4.36. The molecule has 4 heterocycles. The maximum absolute atomic E-state index is 12.4. The number of aromatic nitrogens is 7. The van der Waals surface area contributed by atoms with E-state index in [1.54, 1.807) is 35.4 Å². The van der Waals surface area contributed by atoms with E-state index in [1.165, 1.54) is 0 Å². The van der Waals surface area contributed by atoms with Crippen molar-refractivity contribution < 1.29 is 4.79 Å². The number of carbonyl (C=O) groups is 1. The molecule has 2 amide bonds. The van der Waals surface area contributed by atoms with E-state index >= 15 is 0 Å². The van der Waals surface area contributed by atoms with Crippen molar-refractivity contribution in [1.29, 1.82) is 0 Å². The fraction of sp³-hybridized carbons (Fsp3) is 0.200. The SMILES string of the molecule is CC(C)n1cnnc1-c1cccc(NC(=O)Nc2ccc(-c3ccn(C)n3)cn2)n1. The van der Waals surface area contributed by atoms with Crippen LogP contribution in [0.1, 0.15) is 19.9 Å². The standard InChI is InChI=1S/C20H21N9O/c1-13(2)29-12-22-26-19(29)16-5-4-6-18(23-16)25-20(30)24-17-8-7-14(11-21-17)15-9-10-28(3)27-15/h4-13H,1-3H3,(H2,21,23,24,25,30). The molecule has 4 aromatic rings. The third kappa shape index (κ3) is 4.17. The summed E-state index contributed by atoms with van der Waals surface area (Å²) in [5.41, 5.74) is 2.30. The summed E-state index contributed by atoms with van der Waals surface area (Å²) < 4.78 is 3.64. The molecule has 0 aliphatic rings. The molecular weight excluding hydrogens is 382 g/mol. The molecule has 0 saturated carbocycles. The number of nitrogens with one attached hydrogen (secondary N) is 2. The first-order chi connectivity index (χ1) is 14.5. The van der Waals surface area contributed by atoms with Gasteiger partial charge in [-0.1, -0.05) is 6.07 Å². The molecule has 0 radical (unpaired) electrons. The maximum Gasteiger partial charge on any atom is 0.326 e. The molecule has 152 valence electrons. The Morgan fingerprint density at radius 2 is 1.87 bits per heavy atom. The first-order valence-electron chi connectivity index (χ1n) is 9.40. The second kappa shape index (κ2) is 8.11. The number of hydrogen-bond donors (Lipinski definition) is 2. The van der Waals surface area contributed by atoms with Crippen molar-refractivity contribution in [3.63, 3.8) is 0 Å². The number of nitrogens with zero attached hydrogens (tertiary/aromatic N) is 7. The summed E-state index contributed by atoms with van der Waals surface area (Å²) in [7, 11) is 1.85. The highest BCUT2D eigenvalue weighted by Crippen LogP contribution is 2.20. The van der Waals surface area contributed by atoms with E-state index in [0.29, 0.717) is 23.2 Å². The number of amides is 2. The molecule has 4 rings (SSSR count). The normalized spacial score (nSPS) is 10.9. The molecule has 0 fully saturated rings. The van der Waals surface area contributed by atoms with Crippen LogP contribution in [-0.2, 0) is 7.05 Å². The summed E-state index contributed by atoms with van der Waals surface area (Å²) in [6.45, 7) is 4.07. The van der Waals surface area contributed by atoms with Gasteiger partial charge in [-0.2, -0.15) is 5.10 Å². The van der Waals surface area contributed by atoms with Crippen molar-refractivity contribution >= 4 is 17.7 Å². The van der Waals surface area contributed by atoms with Crippen LogP contribution in [0.3, 0.4) is 0 Å². The van der Waals surface area contributed by atoms with Gasteiger partial charge in [0, 0.05) is 31.0 Å². The molecule has 0 bridgehead atoms. The van der Waals surface area contributed by atoms with Crippen LogP contribution in [0.15, 0.2) is 55.1 Å². The number of rotatable bonds is 5. The van der Waals surface area contributed by atoms with E-state index in [1.807, 2.05) is 49.9 Å². The molecule has 10 nitrogen and oxygen atoms in total. The molecule has 2 N–H and O–H groups in total. The minimum atomic E-state index is -0.442. The molecule has 30 heavy (non-hydrogen) atoms. The Hall–Kier alpha value is -4.08. The van der Waals surface area contributed by atoms with Crippen molar-refractivity contribution in [2.75, 3.05) is 10.6 Å². The smallest absolute Gasteiger partial charge is 0.310 e. The van der Waals surface area contributed by atoms with Gasteiger partial charge >= 0.3 is 6.03 Å². The molecule has 10 heteroatoms. The predicted octanol–water partition coefficient (Wildman–Crippen LogP) is 3.36. The molecule has 0 atom stereocenters. The molecule has 4 aromatic heterocycles. The number of carbonyl (C=O) groups excluding carboxylic acids is 1. The monoisotopic (exact) mass is 403 g/mol. The van der Waals surface area contributed by atoms with Crippen molar-refractivity contribution in [3.05, 3.63) is 55.1 Å². The quantitative estimate of drug-likeness (QED) is 0.528. The Morgan fingerprint density at radius 1 is 1.03 bits per heavy atom. The Morgan fingerprint density at radius 3 is 2.57 bits per heavy atom. The van der Waals surface area contributed by atoms with Gasteiger partial charge in [0.05, 0.1) is 5.69 Å². The molecule has 0 aliphatic carbocycles. The molecule has 0 aromatic carbocycles. The average molecular weight is 403 g/mol. The molecular formula is C20H21N9O. The first-order valence-corrected chi connectivity index (χ1v) is 9.40. The molecule has 0 spiro atoms. The number of urea groups is 1. The fourth-order valence-electron chi connectivity index (χ4n) is 2.88. The van der Waals surface area contributed by atoms with Crippen molar-refractivity contribution in [3.8, 4) is 22.8 Å². The lowest BCUT2D eigenvalue weighted by Gasteiger charge is -2.11. The van der Waals surface area contributed by atoms with E-state index in [9.17, 15) is 4.79 Å². The van der Waals surface area contributed by atoms with Gasteiger partial charge < -0.3 is 4.57 Å². The van der Waals surface area contributed by atoms with Gasteiger partial charge in [-0.15, -0.1) is 10.2 Å². The van der Waals surface area contributed by atoms with Gasteiger partial charge in [0.2, 0.25) is 0 Å². The number of aryl methyl sites for hydroxylation is 1. The average Bonchev–Trinajstić information content (AvgIpc) is 3.38. The molecule has 0 aliphatic heterocycles. The third-order valence-corrected chi connectivity index (χ3v) is 4.36. The lowest BCUT2D eigenvalue weighted by atomic mass is 10.2. The number of hydrogen-bond acceptors (Lipinski definition) is 6. The van der Waals surface area contributed by atoms with Gasteiger partial charge in [-0.25, -0.2) is 14.8 Å². The topological polar surface area (TPSA) is 115 Å². The van der Waals surface area contributed by atoms with Gasteiger partial charge in [-0.3, -0.25) is 15.3 Å². The van der Waals surface area contributed by atoms with Crippen LogP contribution in [0.5, 0.6) is 0 Å². The Kier molecular flexibility index (Phi) is 5.21. The summed E-state index contributed by atoms with van der Waals surface area (Å²) in [6.07, 6.45) is 5.18. The van der Waals surface area contributed by atoms with Gasteiger partial charge in [0.1, 0.15) is 23.7 Å². The highest BCUT2D eigenvalue weighted by atomic mass is 16.2. The zero-order chi connectivity index (χ0) is 21.1. The minimum Gasteiger partial charge on any atom is -0.310 e. The van der Waals surface area contributed by atoms with Crippen LogP contribution >= 0.6 is 0 Å². The van der Waals surface area contributed by atoms with E-state index in [0.717, 1.165) is 11.3 Å². The Bertz CT molecular complexity index is 1160. The van der Waals surface area contributed by atoms with Crippen LogP contribution in [-0.4, -0.2) is 40.5 Å². The van der Waals surface area contributed by atoms with Crippen LogP contribution in [0.2, 0.25) is 0 Å². The Balaban J connectivity index is 1.44. The second-order valence-electron chi connectivity index (χ2n) is 6.95. The maximum atomic E-state index is 12.4. The van der Waals surface area contributed by atoms with Crippen LogP contribution in [0.4, 0.5) is 16.4 Å². The van der Waals surface area contributed by atoms with Crippen molar-refractivity contribution in [1.82, 2.24) is 34.5 Å². The molecule has 0 saturated heterocycles. The van der Waals surface area contributed by atoms with Crippen LogP contribution in [0, 0.1) is 0 Å². The van der Waals surface area contributed by atoms with Crippen LogP contribution < -0.4 is 10.6 Å². The van der Waals surface area contributed by atoms with Crippen molar-refractivity contribution in [2.45, 2.75) is 19.9 Å². The van der Waals surface area contributed by atoms with Crippen molar-refractivity contribution in [2.24, 2.45) is 7.05 Å². The first kappa shape index (κ1) is 19.2. The number of pyridine rings is 2. The lowest BCUT2D eigenvalue weighted by molar-refractivity contribution is 0.262. The van der Waals surface area contributed by atoms with E-state index < -0.39 is 6.03 Å². The summed E-state index contributed by atoms with van der Waals surface area (Å²) >= 11 is 0. The molecule has 0 unspecified atom stereocenters. The summed E-state index contributed by atoms with van der Waals surface area (Å²) in [5, 5.41) is 17.8. The minimum absolute atomic E-state index is 0.192. The Labute approximate surface area is 173 Å². The number of anilines is 2. The van der Waals surface area contributed by atoms with E-state index in [2.05, 4.69) is 35.9 Å². The zero-order valence-corrected chi connectivity index (χ0v) is 16.8. The largest absolute Gasteiger partial charge is 0.326 e. The van der Waals surface area contributed by atoms with E-state index in [-0.39, 0.29) is 6.04 Å². The second-order valence-corrected chi connectivity index (χ2v) is 6.95. The highest BCUT2D eigenvalue weighted by Gasteiger charge is 2.13. The summed E-state index contributed by atoms with van der Waals surface area (Å²) in [5.74, 6) is 1.46. The van der Waals surface area contributed by atoms with Gasteiger partial charge in [-0.05, 0) is 44.2 Å². The fourth-order valence-corrected chi connectivity index (χ4v) is 2.88. The van der Waals surface area contributed by atoms with Crippen LogP contribution in [0.25, 0.3) is 22.8 Å². The zero-order valence-electron chi connectivity index (χ0n) is 16.8. The summed E-state index contributed by atoms with van der Waals surface area (Å²) in [6, 6.07) is 10.6. The predicted molar refractivity (Wildman–Crippen MR) is 113 cm³/mol. The van der Waals surface area contributed by atoms with Gasteiger partial charge in [0.15, 0.2) is 5.82 Å². The highest BCUT2D eigenvalue weighted by molar-refractivity contribution is 5.98. The lowest BCUT2D eigenvalue weighted by Crippen LogP contribution is -2.20. The summed E-state index contributed by atoms with van der Waals surface area (Å²) in [4.78, 5) is 21.1.